The largest absolute Gasteiger partial charge is 0.497 e. The fourth-order valence-corrected chi connectivity index (χ4v) is 4.05. The number of pyridine rings is 1. The molecule has 0 spiro atoms. The Bertz CT molecular complexity index is 1040. The number of methoxy groups -OCH3 is 1. The summed E-state index contributed by atoms with van der Waals surface area (Å²) in [7, 11) is 1.65. The Kier molecular flexibility index (Phi) is 6.79. The molecule has 2 heterocycles. The van der Waals surface area contributed by atoms with Crippen LogP contribution in [0.25, 0.3) is 22.2 Å². The maximum absolute atomic E-state index is 13.2. The number of benzene rings is 2. The summed E-state index contributed by atoms with van der Waals surface area (Å²) in [6.07, 6.45) is 0.916. The zero-order chi connectivity index (χ0) is 21.6. The number of ether oxygens (including phenoxy) is 2. The average molecular weight is 420 g/mol. The predicted octanol–water partition coefficient (Wildman–Crippen LogP) is 3.67. The van der Waals surface area contributed by atoms with E-state index in [1.807, 2.05) is 55.5 Å². The molecule has 162 valence electrons. The van der Waals surface area contributed by atoms with Crippen LogP contribution >= 0.6 is 0 Å². The van der Waals surface area contributed by atoms with E-state index in [1.54, 1.807) is 7.11 Å². The second-order valence-electron chi connectivity index (χ2n) is 7.77. The summed E-state index contributed by atoms with van der Waals surface area (Å²) in [6.45, 7) is 7.11. The van der Waals surface area contributed by atoms with Crippen LogP contribution < -0.4 is 10.1 Å². The van der Waals surface area contributed by atoms with Gasteiger partial charge in [-0.05, 0) is 55.8 Å². The third-order valence-electron chi connectivity index (χ3n) is 5.77. The first-order valence-electron chi connectivity index (χ1n) is 10.8. The molecule has 1 amide bonds. The molecule has 1 N–H and O–H groups in total. The van der Waals surface area contributed by atoms with Crippen molar-refractivity contribution in [2.75, 3.05) is 46.5 Å². The van der Waals surface area contributed by atoms with E-state index in [0.717, 1.165) is 72.7 Å². The Morgan fingerprint density at radius 3 is 2.61 bits per heavy atom. The van der Waals surface area contributed by atoms with Gasteiger partial charge in [-0.15, -0.1) is 0 Å². The number of carbonyl (C=O) groups excluding carboxylic acids is 1. The van der Waals surface area contributed by atoms with Crippen molar-refractivity contribution < 1.29 is 14.3 Å². The Morgan fingerprint density at radius 1 is 1.13 bits per heavy atom. The van der Waals surface area contributed by atoms with Gasteiger partial charge in [0.1, 0.15) is 5.75 Å². The summed E-state index contributed by atoms with van der Waals surface area (Å²) in [5.74, 6) is 0.744. The van der Waals surface area contributed by atoms with Gasteiger partial charge in [0, 0.05) is 30.6 Å². The third kappa shape index (κ3) is 4.86. The van der Waals surface area contributed by atoms with Crippen LogP contribution in [-0.4, -0.2) is 62.3 Å². The molecule has 1 fully saturated rings. The lowest BCUT2D eigenvalue weighted by molar-refractivity contribution is 0.0374. The number of amides is 1. The monoisotopic (exact) mass is 419 g/mol. The van der Waals surface area contributed by atoms with Gasteiger partial charge in [0.2, 0.25) is 0 Å². The molecule has 0 radical (unpaired) electrons. The van der Waals surface area contributed by atoms with Crippen molar-refractivity contribution in [2.24, 2.45) is 0 Å². The first kappa shape index (κ1) is 21.3. The molecule has 1 aliphatic heterocycles. The molecule has 1 aliphatic rings. The number of nitrogens with one attached hydrogen (secondary N) is 1. The summed E-state index contributed by atoms with van der Waals surface area (Å²) in [4.78, 5) is 20.5. The van der Waals surface area contributed by atoms with Crippen molar-refractivity contribution in [3.63, 3.8) is 0 Å². The molecule has 4 rings (SSSR count). The van der Waals surface area contributed by atoms with Crippen LogP contribution in [0.4, 0.5) is 0 Å². The van der Waals surface area contributed by atoms with Crippen molar-refractivity contribution in [1.82, 2.24) is 15.2 Å². The van der Waals surface area contributed by atoms with Crippen LogP contribution in [0, 0.1) is 6.92 Å². The van der Waals surface area contributed by atoms with Gasteiger partial charge in [-0.2, -0.15) is 0 Å². The average Bonchev–Trinajstić information content (AvgIpc) is 2.82. The molecule has 1 saturated heterocycles. The zero-order valence-corrected chi connectivity index (χ0v) is 18.2. The van der Waals surface area contributed by atoms with Gasteiger partial charge in [-0.25, -0.2) is 4.98 Å². The molecule has 0 saturated carbocycles. The maximum Gasteiger partial charge on any atom is 0.252 e. The summed E-state index contributed by atoms with van der Waals surface area (Å²) in [5, 5.41) is 4.00. The van der Waals surface area contributed by atoms with Crippen molar-refractivity contribution in [3.8, 4) is 17.0 Å². The summed E-state index contributed by atoms with van der Waals surface area (Å²) < 4.78 is 10.7. The quantitative estimate of drug-likeness (QED) is 0.592. The van der Waals surface area contributed by atoms with E-state index < -0.39 is 0 Å². The van der Waals surface area contributed by atoms with Gasteiger partial charge in [0.25, 0.3) is 5.91 Å². The number of morpholine rings is 1. The highest BCUT2D eigenvalue weighted by molar-refractivity contribution is 6.08. The highest BCUT2D eigenvalue weighted by Crippen LogP contribution is 2.30. The molecule has 0 bridgehead atoms. The van der Waals surface area contributed by atoms with E-state index >= 15 is 0 Å². The highest BCUT2D eigenvalue weighted by Gasteiger charge is 2.19. The van der Waals surface area contributed by atoms with E-state index in [2.05, 4.69) is 10.2 Å². The minimum Gasteiger partial charge on any atom is -0.497 e. The Labute approximate surface area is 183 Å². The number of rotatable bonds is 7. The molecule has 0 atom stereocenters. The molecule has 3 aromatic rings. The number of fused-ring (bicyclic) bond motifs is 1. The lowest BCUT2D eigenvalue weighted by atomic mass is 9.97. The van der Waals surface area contributed by atoms with Crippen molar-refractivity contribution in [2.45, 2.75) is 13.3 Å². The van der Waals surface area contributed by atoms with Gasteiger partial charge < -0.3 is 14.8 Å². The minimum absolute atomic E-state index is 0.0483. The zero-order valence-electron chi connectivity index (χ0n) is 18.2. The molecule has 0 unspecified atom stereocenters. The highest BCUT2D eigenvalue weighted by atomic mass is 16.5. The normalized spacial score (nSPS) is 14.5. The van der Waals surface area contributed by atoms with E-state index in [9.17, 15) is 4.79 Å². The lowest BCUT2D eigenvalue weighted by Crippen LogP contribution is -2.38. The first-order chi connectivity index (χ1) is 15.2. The van der Waals surface area contributed by atoms with E-state index in [4.69, 9.17) is 14.5 Å². The molecule has 6 heteroatoms. The van der Waals surface area contributed by atoms with Crippen molar-refractivity contribution in [1.29, 1.82) is 0 Å². The summed E-state index contributed by atoms with van der Waals surface area (Å²) in [6, 6.07) is 15.6. The fraction of sp³-hybridized carbons (Fsp3) is 0.360. The van der Waals surface area contributed by atoms with Gasteiger partial charge in [-0.1, -0.05) is 18.2 Å². The molecule has 0 aliphatic carbocycles. The first-order valence-corrected chi connectivity index (χ1v) is 10.8. The van der Waals surface area contributed by atoms with Gasteiger partial charge in [0.15, 0.2) is 0 Å². The number of hydrogen-bond donors (Lipinski definition) is 1. The maximum atomic E-state index is 13.2. The Morgan fingerprint density at radius 2 is 1.87 bits per heavy atom. The summed E-state index contributed by atoms with van der Waals surface area (Å²) in [5.41, 5.74) is 4.18. The molecule has 31 heavy (non-hydrogen) atoms. The topological polar surface area (TPSA) is 63.7 Å². The van der Waals surface area contributed by atoms with Crippen molar-refractivity contribution >= 4 is 16.8 Å². The third-order valence-corrected chi connectivity index (χ3v) is 5.77. The minimum atomic E-state index is -0.0483. The van der Waals surface area contributed by atoms with Crippen LogP contribution in [0.5, 0.6) is 5.75 Å². The van der Waals surface area contributed by atoms with Crippen LogP contribution in [0.1, 0.15) is 22.3 Å². The van der Waals surface area contributed by atoms with Gasteiger partial charge in [-0.3, -0.25) is 9.69 Å². The smallest absolute Gasteiger partial charge is 0.252 e. The molecule has 1 aromatic heterocycles. The van der Waals surface area contributed by atoms with Gasteiger partial charge in [0.05, 0.1) is 37.1 Å². The SMILES string of the molecule is COc1ccc(-c2nc3ccccc3c(C(=O)NCCCN3CCOCC3)c2C)cc1. The fourth-order valence-electron chi connectivity index (χ4n) is 4.05. The Hall–Kier alpha value is -2.96. The lowest BCUT2D eigenvalue weighted by Gasteiger charge is -2.26. The van der Waals surface area contributed by atoms with E-state index in [0.29, 0.717) is 12.1 Å². The van der Waals surface area contributed by atoms with Crippen LogP contribution in [0.2, 0.25) is 0 Å². The van der Waals surface area contributed by atoms with Crippen molar-refractivity contribution in [3.05, 3.63) is 59.7 Å². The van der Waals surface area contributed by atoms with E-state index in [1.165, 1.54) is 0 Å². The molecule has 6 nitrogen and oxygen atoms in total. The predicted molar refractivity (Wildman–Crippen MR) is 123 cm³/mol. The number of hydrogen-bond acceptors (Lipinski definition) is 5. The number of nitrogens with zero attached hydrogens (tertiary/aromatic N) is 2. The van der Waals surface area contributed by atoms with Crippen LogP contribution in [0.3, 0.4) is 0 Å². The number of para-hydroxylation sites is 1. The molecular formula is C25H29N3O3. The Balaban J connectivity index is 1.56. The van der Waals surface area contributed by atoms with Crippen LogP contribution in [-0.2, 0) is 4.74 Å². The molecular weight excluding hydrogens is 390 g/mol. The van der Waals surface area contributed by atoms with Gasteiger partial charge >= 0.3 is 0 Å². The second kappa shape index (κ2) is 9.90. The second-order valence-corrected chi connectivity index (χ2v) is 7.77. The molecule has 2 aromatic carbocycles. The van der Waals surface area contributed by atoms with Crippen LogP contribution in [0.15, 0.2) is 48.5 Å². The number of aromatic nitrogens is 1. The summed E-state index contributed by atoms with van der Waals surface area (Å²) >= 11 is 0. The standard InChI is InChI=1S/C25H29N3O3/c1-18-23(25(29)26-12-5-13-28-14-16-31-17-15-28)21-6-3-4-7-22(21)27-24(18)19-8-10-20(30-2)11-9-19/h3-4,6-11H,5,12-17H2,1-2H3,(H,26,29). The van der Waals surface area contributed by atoms with E-state index in [-0.39, 0.29) is 5.91 Å². The number of carbonyl (C=O) groups is 1.